The van der Waals surface area contributed by atoms with E-state index >= 15 is 0 Å². The first-order valence-electron chi connectivity index (χ1n) is 9.78. The van der Waals surface area contributed by atoms with E-state index in [0.717, 1.165) is 55.4 Å². The molecule has 0 atom stereocenters. The van der Waals surface area contributed by atoms with Crippen LogP contribution in [0.2, 0.25) is 0 Å². The molecule has 3 heterocycles. The van der Waals surface area contributed by atoms with Crippen LogP contribution < -0.4 is 15.8 Å². The third-order valence-corrected chi connectivity index (χ3v) is 5.81. The van der Waals surface area contributed by atoms with Gasteiger partial charge in [0.2, 0.25) is 5.91 Å². The Bertz CT molecular complexity index is 816. The maximum Gasteiger partial charge on any atom is 0.425 e. The summed E-state index contributed by atoms with van der Waals surface area (Å²) in [5.74, 6) is 0.140. The van der Waals surface area contributed by atoms with Crippen LogP contribution in [0.1, 0.15) is 24.4 Å². The van der Waals surface area contributed by atoms with Crippen molar-refractivity contribution in [1.29, 1.82) is 0 Å². The van der Waals surface area contributed by atoms with Gasteiger partial charge in [0.05, 0.1) is 18.5 Å². The molecule has 0 bridgehead atoms. The lowest BCUT2D eigenvalue weighted by Crippen LogP contribution is -2.48. The van der Waals surface area contributed by atoms with E-state index in [2.05, 4.69) is 32.9 Å². The predicted molar refractivity (Wildman–Crippen MR) is 114 cm³/mol. The normalized spacial score (nSPS) is 13.9. The van der Waals surface area contributed by atoms with Crippen molar-refractivity contribution in [2.75, 3.05) is 43.1 Å². The molecule has 29 heavy (non-hydrogen) atoms. The number of rotatable bonds is 7. The molecule has 0 aromatic carbocycles. The summed E-state index contributed by atoms with van der Waals surface area (Å²) in [4.78, 5) is 32.7. The van der Waals surface area contributed by atoms with E-state index in [1.165, 1.54) is 4.88 Å². The highest BCUT2D eigenvalue weighted by atomic mass is 32.1. The minimum Gasteiger partial charge on any atom is -0.449 e. The van der Waals surface area contributed by atoms with Crippen molar-refractivity contribution in [2.45, 2.75) is 26.7 Å². The summed E-state index contributed by atoms with van der Waals surface area (Å²) in [5.41, 5.74) is 7.49. The molecule has 156 valence electrons. The number of ether oxygens (including phenoxy) is 1. The highest BCUT2D eigenvalue weighted by Crippen LogP contribution is 2.23. The molecule has 0 aliphatic carbocycles. The largest absolute Gasteiger partial charge is 0.449 e. The first-order valence-corrected chi connectivity index (χ1v) is 10.6. The molecule has 1 saturated heterocycles. The SMILES string of the molecule is CCOC(=O)NNc1ccc(CCc2ccc(N3CCN(C(C)=O)CC3)cn2)s1. The summed E-state index contributed by atoms with van der Waals surface area (Å²) in [7, 11) is 0. The number of anilines is 2. The van der Waals surface area contributed by atoms with Gasteiger partial charge < -0.3 is 14.5 Å². The molecular formula is C20H27N5O3S. The second kappa shape index (κ2) is 10.1. The number of aromatic nitrogens is 1. The van der Waals surface area contributed by atoms with Gasteiger partial charge in [-0.2, -0.15) is 0 Å². The van der Waals surface area contributed by atoms with E-state index in [9.17, 15) is 9.59 Å². The highest BCUT2D eigenvalue weighted by Gasteiger charge is 2.18. The van der Waals surface area contributed by atoms with Gasteiger partial charge in [-0.3, -0.25) is 15.2 Å². The number of carbonyl (C=O) groups excluding carboxylic acids is 2. The topological polar surface area (TPSA) is 86.8 Å². The molecule has 0 saturated carbocycles. The summed E-state index contributed by atoms with van der Waals surface area (Å²) in [6.07, 6.45) is 3.16. The van der Waals surface area contributed by atoms with Crippen LogP contribution in [0.3, 0.4) is 0 Å². The lowest BCUT2D eigenvalue weighted by Gasteiger charge is -2.35. The number of hydrazine groups is 1. The van der Waals surface area contributed by atoms with Gasteiger partial charge in [0.25, 0.3) is 0 Å². The Labute approximate surface area is 174 Å². The van der Waals surface area contributed by atoms with Crippen molar-refractivity contribution in [1.82, 2.24) is 15.3 Å². The Morgan fingerprint density at radius 1 is 1.14 bits per heavy atom. The van der Waals surface area contributed by atoms with Crippen LogP contribution in [0.4, 0.5) is 15.5 Å². The smallest absolute Gasteiger partial charge is 0.425 e. The Kier molecular flexibility index (Phi) is 7.29. The minimum absolute atomic E-state index is 0.140. The second-order valence-electron chi connectivity index (χ2n) is 6.74. The number of hydrogen-bond donors (Lipinski definition) is 2. The van der Waals surface area contributed by atoms with Crippen molar-refractivity contribution in [3.63, 3.8) is 0 Å². The molecule has 2 aromatic heterocycles. The summed E-state index contributed by atoms with van der Waals surface area (Å²) in [6, 6.07) is 8.16. The molecule has 3 rings (SSSR count). The maximum absolute atomic E-state index is 11.4. The molecule has 0 unspecified atom stereocenters. The lowest BCUT2D eigenvalue weighted by molar-refractivity contribution is -0.129. The fourth-order valence-corrected chi connectivity index (χ4v) is 4.00. The molecule has 0 spiro atoms. The third kappa shape index (κ3) is 6.08. The zero-order chi connectivity index (χ0) is 20.6. The second-order valence-corrected chi connectivity index (χ2v) is 7.91. The number of nitrogens with one attached hydrogen (secondary N) is 2. The van der Waals surface area contributed by atoms with E-state index in [4.69, 9.17) is 4.74 Å². The van der Waals surface area contributed by atoms with Crippen LogP contribution in [0.25, 0.3) is 0 Å². The monoisotopic (exact) mass is 417 g/mol. The van der Waals surface area contributed by atoms with Crippen LogP contribution in [-0.2, 0) is 22.4 Å². The van der Waals surface area contributed by atoms with E-state index in [-0.39, 0.29) is 5.91 Å². The molecule has 2 amide bonds. The Morgan fingerprint density at radius 3 is 2.59 bits per heavy atom. The summed E-state index contributed by atoms with van der Waals surface area (Å²) in [5, 5.41) is 0.862. The third-order valence-electron chi connectivity index (χ3n) is 4.75. The quantitative estimate of drug-likeness (QED) is 0.674. The zero-order valence-electron chi connectivity index (χ0n) is 16.8. The highest BCUT2D eigenvalue weighted by molar-refractivity contribution is 7.16. The summed E-state index contributed by atoms with van der Waals surface area (Å²) >= 11 is 1.59. The average molecular weight is 418 g/mol. The number of piperazine rings is 1. The van der Waals surface area contributed by atoms with Crippen molar-refractivity contribution in [3.8, 4) is 0 Å². The fourth-order valence-electron chi connectivity index (χ4n) is 3.14. The van der Waals surface area contributed by atoms with Gasteiger partial charge in [0, 0.05) is 43.7 Å². The van der Waals surface area contributed by atoms with Gasteiger partial charge in [-0.15, -0.1) is 11.3 Å². The molecule has 2 aromatic rings. The van der Waals surface area contributed by atoms with Crippen LogP contribution >= 0.6 is 11.3 Å². The van der Waals surface area contributed by atoms with Crippen molar-refractivity contribution in [3.05, 3.63) is 41.0 Å². The van der Waals surface area contributed by atoms with Crippen LogP contribution in [0.5, 0.6) is 0 Å². The number of hydrogen-bond acceptors (Lipinski definition) is 7. The van der Waals surface area contributed by atoms with Crippen molar-refractivity contribution in [2.24, 2.45) is 0 Å². The van der Waals surface area contributed by atoms with E-state index in [0.29, 0.717) is 6.61 Å². The maximum atomic E-state index is 11.4. The Hall–Kier alpha value is -2.81. The van der Waals surface area contributed by atoms with Crippen LogP contribution in [-0.4, -0.2) is 54.7 Å². The van der Waals surface area contributed by atoms with Crippen LogP contribution in [0.15, 0.2) is 30.5 Å². The van der Waals surface area contributed by atoms with E-state index in [1.54, 1.807) is 25.2 Å². The fraction of sp³-hybridized carbons (Fsp3) is 0.450. The summed E-state index contributed by atoms with van der Waals surface area (Å²) < 4.78 is 4.81. The van der Waals surface area contributed by atoms with Crippen molar-refractivity contribution < 1.29 is 14.3 Å². The lowest BCUT2D eigenvalue weighted by atomic mass is 10.2. The van der Waals surface area contributed by atoms with Gasteiger partial charge in [-0.25, -0.2) is 10.2 Å². The average Bonchev–Trinajstić information content (AvgIpc) is 3.19. The number of aryl methyl sites for hydroxylation is 2. The van der Waals surface area contributed by atoms with E-state index < -0.39 is 6.09 Å². The molecule has 1 aliphatic heterocycles. The van der Waals surface area contributed by atoms with Gasteiger partial charge >= 0.3 is 6.09 Å². The van der Waals surface area contributed by atoms with Gasteiger partial charge in [0.15, 0.2) is 0 Å². The molecule has 8 nitrogen and oxygen atoms in total. The summed E-state index contributed by atoms with van der Waals surface area (Å²) in [6.45, 7) is 6.92. The number of carbonyl (C=O) groups is 2. The number of nitrogens with zero attached hydrogens (tertiary/aromatic N) is 3. The zero-order valence-corrected chi connectivity index (χ0v) is 17.6. The standard InChI is InChI=1S/C20H27N5O3S/c1-3-28-20(27)23-22-19-9-8-18(29-19)7-5-16-4-6-17(14-21-16)25-12-10-24(11-13-25)15(2)26/h4,6,8-9,14,22H,3,5,7,10-13H2,1-2H3,(H,23,27). The molecule has 1 fully saturated rings. The molecule has 2 N–H and O–H groups in total. The number of thiophene rings is 1. The number of amides is 2. The first-order chi connectivity index (χ1) is 14.0. The van der Waals surface area contributed by atoms with Gasteiger partial charge in [0.1, 0.15) is 5.00 Å². The van der Waals surface area contributed by atoms with Gasteiger partial charge in [-0.05, 0) is 44.0 Å². The van der Waals surface area contributed by atoms with Crippen LogP contribution in [0, 0.1) is 0 Å². The molecular weight excluding hydrogens is 390 g/mol. The van der Waals surface area contributed by atoms with Crippen molar-refractivity contribution >= 4 is 34.0 Å². The Balaban J connectivity index is 1.45. The van der Waals surface area contributed by atoms with E-state index in [1.807, 2.05) is 23.2 Å². The predicted octanol–water partition coefficient (Wildman–Crippen LogP) is 2.67. The van der Waals surface area contributed by atoms with Gasteiger partial charge in [-0.1, -0.05) is 0 Å². The molecule has 9 heteroatoms. The minimum atomic E-state index is -0.491. The first kappa shape index (κ1) is 20.9. The molecule has 1 aliphatic rings. The number of pyridine rings is 1. The molecule has 0 radical (unpaired) electrons. The Morgan fingerprint density at radius 2 is 1.93 bits per heavy atom.